The van der Waals surface area contributed by atoms with Gasteiger partial charge in [0.1, 0.15) is 0 Å². The molecule has 2 unspecified atom stereocenters. The first-order chi connectivity index (χ1) is 8.79. The van der Waals surface area contributed by atoms with Crippen molar-refractivity contribution in [1.82, 2.24) is 10.2 Å². The van der Waals surface area contributed by atoms with E-state index in [2.05, 4.69) is 24.1 Å². The fraction of sp³-hybridized carbons (Fsp3) is 1.00. The summed E-state index contributed by atoms with van der Waals surface area (Å²) < 4.78 is 5.75. The van der Waals surface area contributed by atoms with Crippen LogP contribution < -0.4 is 5.32 Å². The summed E-state index contributed by atoms with van der Waals surface area (Å²) in [6, 6.07) is 1.42. The molecule has 2 rings (SSSR count). The summed E-state index contributed by atoms with van der Waals surface area (Å²) in [6.45, 7) is 8.81. The quantitative estimate of drug-likeness (QED) is 0.815. The molecule has 1 N–H and O–H groups in total. The molecule has 2 atom stereocenters. The van der Waals surface area contributed by atoms with Gasteiger partial charge >= 0.3 is 0 Å². The minimum absolute atomic E-state index is 0.405. The Morgan fingerprint density at radius 2 is 2.00 bits per heavy atom. The van der Waals surface area contributed by atoms with Gasteiger partial charge in [0.05, 0.1) is 12.7 Å². The molecule has 1 aliphatic carbocycles. The molecule has 0 radical (unpaired) electrons. The van der Waals surface area contributed by atoms with E-state index >= 15 is 0 Å². The summed E-state index contributed by atoms with van der Waals surface area (Å²) in [5.41, 5.74) is 0. The zero-order valence-electron chi connectivity index (χ0n) is 12.2. The first kappa shape index (κ1) is 14.3. The predicted octanol–water partition coefficient (Wildman–Crippen LogP) is 2.41. The van der Waals surface area contributed by atoms with Crippen molar-refractivity contribution in [2.24, 2.45) is 0 Å². The lowest BCUT2D eigenvalue weighted by Gasteiger charge is -2.38. The Morgan fingerprint density at radius 1 is 1.22 bits per heavy atom. The SMILES string of the molecule is CCC1COC(C)CN1CCNC1CCCCC1. The Labute approximate surface area is 112 Å². The van der Waals surface area contributed by atoms with Gasteiger partial charge in [-0.2, -0.15) is 0 Å². The summed E-state index contributed by atoms with van der Waals surface area (Å²) in [6.07, 6.45) is 8.66. The van der Waals surface area contributed by atoms with Crippen LogP contribution in [0.3, 0.4) is 0 Å². The Morgan fingerprint density at radius 3 is 2.72 bits per heavy atom. The highest BCUT2D eigenvalue weighted by atomic mass is 16.5. The second-order valence-electron chi connectivity index (χ2n) is 5.99. The Hall–Kier alpha value is -0.120. The number of nitrogens with one attached hydrogen (secondary N) is 1. The van der Waals surface area contributed by atoms with E-state index in [1.54, 1.807) is 0 Å². The lowest BCUT2D eigenvalue weighted by molar-refractivity contribution is -0.0553. The van der Waals surface area contributed by atoms with Gasteiger partial charge in [0, 0.05) is 31.7 Å². The lowest BCUT2D eigenvalue weighted by atomic mass is 9.95. The molecule has 0 aromatic carbocycles. The van der Waals surface area contributed by atoms with Gasteiger partial charge < -0.3 is 10.1 Å². The normalized spacial score (nSPS) is 31.7. The van der Waals surface area contributed by atoms with E-state index in [1.165, 1.54) is 45.1 Å². The van der Waals surface area contributed by atoms with Crippen LogP contribution in [-0.2, 0) is 4.74 Å². The molecule has 1 aliphatic heterocycles. The summed E-state index contributed by atoms with van der Waals surface area (Å²) in [5, 5.41) is 3.75. The Bertz CT molecular complexity index is 229. The lowest BCUT2D eigenvalue weighted by Crippen LogP contribution is -2.51. The number of rotatable bonds is 5. The van der Waals surface area contributed by atoms with Crippen LogP contribution >= 0.6 is 0 Å². The Balaban J connectivity index is 1.67. The van der Waals surface area contributed by atoms with Crippen LogP contribution in [0.4, 0.5) is 0 Å². The van der Waals surface area contributed by atoms with Crippen LogP contribution in [0.15, 0.2) is 0 Å². The van der Waals surface area contributed by atoms with E-state index in [1.807, 2.05) is 0 Å². The highest BCUT2D eigenvalue weighted by molar-refractivity contribution is 4.79. The average Bonchev–Trinajstić information content (AvgIpc) is 2.40. The van der Waals surface area contributed by atoms with Crippen molar-refractivity contribution < 1.29 is 4.74 Å². The van der Waals surface area contributed by atoms with Crippen molar-refractivity contribution in [3.63, 3.8) is 0 Å². The van der Waals surface area contributed by atoms with Crippen LogP contribution in [0.25, 0.3) is 0 Å². The van der Waals surface area contributed by atoms with Gasteiger partial charge in [-0.15, -0.1) is 0 Å². The van der Waals surface area contributed by atoms with Crippen molar-refractivity contribution in [3.05, 3.63) is 0 Å². The average molecular weight is 254 g/mol. The third-order valence-electron chi connectivity index (χ3n) is 4.49. The number of ether oxygens (including phenoxy) is 1. The number of hydrogen-bond acceptors (Lipinski definition) is 3. The summed E-state index contributed by atoms with van der Waals surface area (Å²) in [5.74, 6) is 0. The van der Waals surface area contributed by atoms with E-state index in [9.17, 15) is 0 Å². The Kier molecular flexibility index (Phi) is 5.93. The van der Waals surface area contributed by atoms with Crippen molar-refractivity contribution in [2.45, 2.75) is 70.6 Å². The maximum Gasteiger partial charge on any atom is 0.0674 e. The van der Waals surface area contributed by atoms with E-state index in [0.29, 0.717) is 12.1 Å². The van der Waals surface area contributed by atoms with Gasteiger partial charge in [0.2, 0.25) is 0 Å². The number of nitrogens with zero attached hydrogens (tertiary/aromatic N) is 1. The molecule has 3 nitrogen and oxygen atoms in total. The van der Waals surface area contributed by atoms with Crippen LogP contribution in [0.5, 0.6) is 0 Å². The van der Waals surface area contributed by atoms with Crippen molar-refractivity contribution in [1.29, 1.82) is 0 Å². The molecule has 2 fully saturated rings. The zero-order chi connectivity index (χ0) is 12.8. The van der Waals surface area contributed by atoms with Gasteiger partial charge in [0.25, 0.3) is 0 Å². The third kappa shape index (κ3) is 4.22. The molecule has 0 spiro atoms. The summed E-state index contributed by atoms with van der Waals surface area (Å²) in [7, 11) is 0. The van der Waals surface area contributed by atoms with Gasteiger partial charge in [0.15, 0.2) is 0 Å². The molecule has 1 heterocycles. The molecule has 0 aromatic rings. The summed E-state index contributed by atoms with van der Waals surface area (Å²) in [4.78, 5) is 2.62. The molecule has 0 aromatic heterocycles. The largest absolute Gasteiger partial charge is 0.376 e. The van der Waals surface area contributed by atoms with E-state index in [4.69, 9.17) is 4.74 Å². The number of morpholine rings is 1. The van der Waals surface area contributed by atoms with Gasteiger partial charge in [-0.25, -0.2) is 0 Å². The minimum Gasteiger partial charge on any atom is -0.376 e. The highest BCUT2D eigenvalue weighted by Gasteiger charge is 2.25. The van der Waals surface area contributed by atoms with Crippen LogP contribution in [0.1, 0.15) is 52.4 Å². The van der Waals surface area contributed by atoms with Crippen LogP contribution in [0.2, 0.25) is 0 Å². The molecule has 106 valence electrons. The van der Waals surface area contributed by atoms with Crippen LogP contribution in [-0.4, -0.2) is 49.3 Å². The predicted molar refractivity (Wildman–Crippen MR) is 75.9 cm³/mol. The molecule has 1 saturated heterocycles. The number of hydrogen-bond donors (Lipinski definition) is 1. The monoisotopic (exact) mass is 254 g/mol. The minimum atomic E-state index is 0.405. The smallest absolute Gasteiger partial charge is 0.0674 e. The summed E-state index contributed by atoms with van der Waals surface area (Å²) >= 11 is 0. The molecule has 1 saturated carbocycles. The van der Waals surface area contributed by atoms with Gasteiger partial charge in [-0.3, -0.25) is 4.90 Å². The molecule has 0 bridgehead atoms. The molecule has 2 aliphatic rings. The second-order valence-corrected chi connectivity index (χ2v) is 5.99. The fourth-order valence-electron chi connectivity index (χ4n) is 3.28. The van der Waals surface area contributed by atoms with Gasteiger partial charge in [-0.1, -0.05) is 26.2 Å². The van der Waals surface area contributed by atoms with Crippen molar-refractivity contribution in [2.75, 3.05) is 26.2 Å². The zero-order valence-corrected chi connectivity index (χ0v) is 12.2. The van der Waals surface area contributed by atoms with Crippen LogP contribution in [0, 0.1) is 0 Å². The van der Waals surface area contributed by atoms with E-state index in [0.717, 1.165) is 25.7 Å². The highest BCUT2D eigenvalue weighted by Crippen LogP contribution is 2.17. The molecule has 0 amide bonds. The molecular formula is C15H30N2O. The molecular weight excluding hydrogens is 224 g/mol. The van der Waals surface area contributed by atoms with E-state index in [-0.39, 0.29) is 0 Å². The fourth-order valence-corrected chi connectivity index (χ4v) is 3.28. The second kappa shape index (κ2) is 7.46. The third-order valence-corrected chi connectivity index (χ3v) is 4.49. The first-order valence-electron chi connectivity index (χ1n) is 7.88. The topological polar surface area (TPSA) is 24.5 Å². The molecule has 3 heteroatoms. The standard InChI is InChI=1S/C15H30N2O/c1-3-15-12-18-13(2)11-17(15)10-9-16-14-7-5-4-6-8-14/h13-16H,3-12H2,1-2H3. The maximum absolute atomic E-state index is 5.75. The maximum atomic E-state index is 5.75. The van der Waals surface area contributed by atoms with Crippen molar-refractivity contribution in [3.8, 4) is 0 Å². The molecule has 18 heavy (non-hydrogen) atoms. The van der Waals surface area contributed by atoms with Gasteiger partial charge in [-0.05, 0) is 26.2 Å². The van der Waals surface area contributed by atoms with Crippen molar-refractivity contribution >= 4 is 0 Å². The van der Waals surface area contributed by atoms with E-state index < -0.39 is 0 Å². The first-order valence-corrected chi connectivity index (χ1v) is 7.88.